The first kappa shape index (κ1) is 16.9. The zero-order valence-electron chi connectivity index (χ0n) is 16.6. The van der Waals surface area contributed by atoms with E-state index in [2.05, 4.69) is 84.3 Å². The molecule has 4 aromatic carbocycles. The molecular formula is C27H19N3. The normalized spacial score (nSPS) is 11.5. The minimum Gasteiger partial charge on any atom is -0.293 e. The van der Waals surface area contributed by atoms with Crippen molar-refractivity contribution in [3.63, 3.8) is 0 Å². The number of hydrogen-bond donors (Lipinski definition) is 0. The molecule has 2 aromatic heterocycles. The Hall–Kier alpha value is -3.98. The number of aromatic nitrogens is 3. The van der Waals surface area contributed by atoms with Crippen molar-refractivity contribution in [2.24, 2.45) is 0 Å². The second-order valence-corrected chi connectivity index (χ2v) is 7.63. The van der Waals surface area contributed by atoms with Gasteiger partial charge < -0.3 is 0 Å². The smallest absolute Gasteiger partial charge is 0.162 e. The van der Waals surface area contributed by atoms with Crippen LogP contribution in [0.4, 0.5) is 0 Å². The topological polar surface area (TPSA) is 30.7 Å². The van der Waals surface area contributed by atoms with Gasteiger partial charge in [0.15, 0.2) is 5.82 Å². The monoisotopic (exact) mass is 385 g/mol. The number of aryl methyl sites for hydroxylation is 1. The molecule has 2 heterocycles. The Balaban J connectivity index is 1.78. The summed E-state index contributed by atoms with van der Waals surface area (Å²) in [6.45, 7) is 2.14. The summed E-state index contributed by atoms with van der Waals surface area (Å²) < 4.78 is 2.28. The molecule has 0 saturated carbocycles. The summed E-state index contributed by atoms with van der Waals surface area (Å²) in [5.74, 6) is 1.65. The predicted octanol–water partition coefficient (Wildman–Crippen LogP) is 6.70. The molecule has 0 amide bonds. The van der Waals surface area contributed by atoms with E-state index in [1.54, 1.807) is 0 Å². The van der Waals surface area contributed by atoms with Gasteiger partial charge in [-0.25, -0.2) is 9.97 Å². The molecule has 0 radical (unpaired) electrons. The second kappa shape index (κ2) is 6.53. The van der Waals surface area contributed by atoms with E-state index in [9.17, 15) is 0 Å². The van der Waals surface area contributed by atoms with Gasteiger partial charge in [-0.1, -0.05) is 72.3 Å². The van der Waals surface area contributed by atoms with Crippen LogP contribution in [0.2, 0.25) is 0 Å². The molecule has 3 heteroatoms. The van der Waals surface area contributed by atoms with Crippen molar-refractivity contribution in [1.29, 1.82) is 0 Å². The van der Waals surface area contributed by atoms with Gasteiger partial charge >= 0.3 is 0 Å². The van der Waals surface area contributed by atoms with Crippen molar-refractivity contribution in [1.82, 2.24) is 14.5 Å². The molecule has 0 unspecified atom stereocenters. The highest BCUT2D eigenvalue weighted by molar-refractivity contribution is 6.10. The fourth-order valence-corrected chi connectivity index (χ4v) is 4.26. The highest BCUT2D eigenvalue weighted by atomic mass is 15.1. The van der Waals surface area contributed by atoms with E-state index in [0.29, 0.717) is 0 Å². The van der Waals surface area contributed by atoms with Gasteiger partial charge in [-0.2, -0.15) is 0 Å². The molecule has 3 nitrogen and oxygen atoms in total. The van der Waals surface area contributed by atoms with Crippen molar-refractivity contribution in [3.05, 3.63) is 103 Å². The Morgan fingerprint density at radius 2 is 1.30 bits per heavy atom. The fourth-order valence-electron chi connectivity index (χ4n) is 4.26. The highest BCUT2D eigenvalue weighted by Crippen LogP contribution is 2.34. The Kier molecular flexibility index (Phi) is 3.68. The van der Waals surface area contributed by atoms with E-state index in [4.69, 9.17) is 9.97 Å². The number of benzene rings is 4. The minimum atomic E-state index is 0.738. The van der Waals surface area contributed by atoms with E-state index in [0.717, 1.165) is 39.1 Å². The zero-order chi connectivity index (χ0) is 20.1. The summed E-state index contributed by atoms with van der Waals surface area (Å²) in [5, 5.41) is 3.52. The minimum absolute atomic E-state index is 0.738. The van der Waals surface area contributed by atoms with Gasteiger partial charge in [0.25, 0.3) is 0 Å². The molecule has 0 aliphatic heterocycles. The maximum absolute atomic E-state index is 5.09. The number of rotatable bonds is 2. The Bertz CT molecular complexity index is 1550. The first-order valence-corrected chi connectivity index (χ1v) is 10.1. The quantitative estimate of drug-likeness (QED) is 0.332. The van der Waals surface area contributed by atoms with Crippen LogP contribution < -0.4 is 0 Å². The summed E-state index contributed by atoms with van der Waals surface area (Å²) in [5.41, 5.74) is 5.52. The molecule has 0 fully saturated rings. The average molecular weight is 385 g/mol. The second-order valence-electron chi connectivity index (χ2n) is 7.63. The van der Waals surface area contributed by atoms with Crippen molar-refractivity contribution in [3.8, 4) is 17.2 Å². The predicted molar refractivity (Wildman–Crippen MR) is 124 cm³/mol. The SMILES string of the molecule is Cc1ccc2c(c1)c1ccccc1n2-c1nc(-c2ccccc2)nc2ccccc12. The third-order valence-corrected chi connectivity index (χ3v) is 5.65. The van der Waals surface area contributed by atoms with Gasteiger partial charge in [0.1, 0.15) is 5.82 Å². The number of fused-ring (bicyclic) bond motifs is 4. The van der Waals surface area contributed by atoms with E-state index < -0.39 is 0 Å². The van der Waals surface area contributed by atoms with Crippen LogP contribution in [0.5, 0.6) is 0 Å². The molecular weight excluding hydrogens is 366 g/mol. The summed E-state index contributed by atoms with van der Waals surface area (Å²) >= 11 is 0. The van der Waals surface area contributed by atoms with Gasteiger partial charge in [0.2, 0.25) is 0 Å². The van der Waals surface area contributed by atoms with Crippen molar-refractivity contribution in [2.75, 3.05) is 0 Å². The number of para-hydroxylation sites is 2. The molecule has 0 spiro atoms. The van der Waals surface area contributed by atoms with Gasteiger partial charge in [-0.3, -0.25) is 4.57 Å². The molecule has 0 N–H and O–H groups in total. The van der Waals surface area contributed by atoms with E-state index in [1.165, 1.54) is 16.3 Å². The molecule has 6 rings (SSSR count). The first-order valence-electron chi connectivity index (χ1n) is 10.1. The van der Waals surface area contributed by atoms with Crippen LogP contribution in [0, 0.1) is 6.92 Å². The van der Waals surface area contributed by atoms with Gasteiger partial charge in [-0.05, 0) is 37.3 Å². The van der Waals surface area contributed by atoms with Crippen LogP contribution in [-0.4, -0.2) is 14.5 Å². The Morgan fingerprint density at radius 1 is 0.600 bits per heavy atom. The lowest BCUT2D eigenvalue weighted by Gasteiger charge is -2.12. The molecule has 0 bridgehead atoms. The lowest BCUT2D eigenvalue weighted by molar-refractivity contribution is 1.07. The molecule has 0 saturated heterocycles. The maximum atomic E-state index is 5.09. The maximum Gasteiger partial charge on any atom is 0.162 e. The van der Waals surface area contributed by atoms with Crippen molar-refractivity contribution < 1.29 is 0 Å². The number of nitrogens with zero attached hydrogens (tertiary/aromatic N) is 3. The van der Waals surface area contributed by atoms with Gasteiger partial charge in [-0.15, -0.1) is 0 Å². The highest BCUT2D eigenvalue weighted by Gasteiger charge is 2.17. The number of hydrogen-bond acceptors (Lipinski definition) is 2. The van der Waals surface area contributed by atoms with Crippen LogP contribution in [0.15, 0.2) is 97.1 Å². The fraction of sp³-hybridized carbons (Fsp3) is 0.0370. The van der Waals surface area contributed by atoms with Crippen molar-refractivity contribution in [2.45, 2.75) is 6.92 Å². The van der Waals surface area contributed by atoms with Crippen LogP contribution in [0.1, 0.15) is 5.56 Å². The van der Waals surface area contributed by atoms with E-state index in [-0.39, 0.29) is 0 Å². The summed E-state index contributed by atoms with van der Waals surface area (Å²) in [6.07, 6.45) is 0. The third kappa shape index (κ3) is 2.52. The Labute approximate surface area is 174 Å². The van der Waals surface area contributed by atoms with Crippen LogP contribution in [-0.2, 0) is 0 Å². The first-order chi connectivity index (χ1) is 14.8. The molecule has 0 aliphatic carbocycles. The van der Waals surface area contributed by atoms with Gasteiger partial charge in [0.05, 0.1) is 16.6 Å². The summed E-state index contributed by atoms with van der Waals surface area (Å²) in [7, 11) is 0. The molecule has 6 aromatic rings. The van der Waals surface area contributed by atoms with Crippen molar-refractivity contribution >= 4 is 32.7 Å². The largest absolute Gasteiger partial charge is 0.293 e. The zero-order valence-corrected chi connectivity index (χ0v) is 16.6. The average Bonchev–Trinajstić information content (AvgIpc) is 3.12. The van der Waals surface area contributed by atoms with Crippen LogP contribution in [0.3, 0.4) is 0 Å². The third-order valence-electron chi connectivity index (χ3n) is 5.65. The molecule has 142 valence electrons. The lowest BCUT2D eigenvalue weighted by atomic mass is 10.1. The molecule has 0 aliphatic rings. The van der Waals surface area contributed by atoms with E-state index >= 15 is 0 Å². The molecule has 0 atom stereocenters. The van der Waals surface area contributed by atoms with Gasteiger partial charge in [0, 0.05) is 21.7 Å². The lowest BCUT2D eigenvalue weighted by Crippen LogP contribution is -2.02. The Morgan fingerprint density at radius 3 is 2.17 bits per heavy atom. The van der Waals surface area contributed by atoms with Crippen LogP contribution >= 0.6 is 0 Å². The van der Waals surface area contributed by atoms with Crippen LogP contribution in [0.25, 0.3) is 49.9 Å². The standard InChI is InChI=1S/C27H19N3/c1-18-15-16-25-22(17-18)20-11-6-8-14-24(20)30(25)27-21-12-5-7-13-23(21)28-26(29-27)19-9-3-2-4-10-19/h2-17H,1H3. The molecule has 30 heavy (non-hydrogen) atoms. The van der Waals surface area contributed by atoms with E-state index in [1.807, 2.05) is 24.3 Å². The summed E-state index contributed by atoms with van der Waals surface area (Å²) in [6, 6.07) is 33.6. The summed E-state index contributed by atoms with van der Waals surface area (Å²) in [4.78, 5) is 9.95.